The molecule has 0 spiro atoms. The molecule has 0 N–H and O–H groups in total. The van der Waals surface area contributed by atoms with Crippen LogP contribution in [0.15, 0.2) is 60.7 Å². The molecule has 124 valence electrons. The monoisotopic (exact) mass is 352 g/mol. The fourth-order valence-electron chi connectivity index (χ4n) is 2.44. The second kappa shape index (κ2) is 7.91. The van der Waals surface area contributed by atoms with Crippen molar-refractivity contribution in [2.45, 2.75) is 12.8 Å². The Morgan fingerprint density at radius 2 is 1.35 bits per heavy atom. The van der Waals surface area contributed by atoms with E-state index in [0.717, 1.165) is 17.7 Å². The van der Waals surface area contributed by atoms with Crippen LogP contribution >= 0.6 is 7.14 Å². The molecule has 0 heterocycles. The molecular formula is C17H21O4PS. The maximum atomic E-state index is 13.6. The summed E-state index contributed by atoms with van der Waals surface area (Å²) in [5.74, 6) is -0.0485. The van der Waals surface area contributed by atoms with Crippen LogP contribution in [0.1, 0.15) is 12.8 Å². The van der Waals surface area contributed by atoms with E-state index in [0.29, 0.717) is 19.0 Å². The van der Waals surface area contributed by atoms with Gasteiger partial charge in [0.25, 0.3) is 10.1 Å². The van der Waals surface area contributed by atoms with Crippen molar-refractivity contribution in [1.82, 2.24) is 0 Å². The molecule has 2 rings (SSSR count). The molecule has 0 amide bonds. The third kappa shape index (κ3) is 4.77. The minimum Gasteiger partial charge on any atom is -0.314 e. The number of hydrogen-bond acceptors (Lipinski definition) is 4. The van der Waals surface area contributed by atoms with Crippen molar-refractivity contribution in [3.8, 4) is 0 Å². The molecule has 0 fully saturated rings. The van der Waals surface area contributed by atoms with Crippen molar-refractivity contribution in [1.29, 1.82) is 0 Å². The molecule has 0 aromatic heterocycles. The van der Waals surface area contributed by atoms with Crippen molar-refractivity contribution in [2.24, 2.45) is 0 Å². The molecule has 0 aliphatic heterocycles. The highest BCUT2D eigenvalue weighted by Gasteiger charge is 2.26. The van der Waals surface area contributed by atoms with Crippen LogP contribution in [-0.4, -0.2) is 27.4 Å². The average Bonchev–Trinajstić information content (AvgIpc) is 2.60. The predicted molar refractivity (Wildman–Crippen MR) is 94.7 cm³/mol. The molecule has 0 radical (unpaired) electrons. The molecule has 0 bridgehead atoms. The van der Waals surface area contributed by atoms with Gasteiger partial charge in [-0.1, -0.05) is 60.7 Å². The molecule has 23 heavy (non-hydrogen) atoms. The smallest absolute Gasteiger partial charge is 0.267 e. The summed E-state index contributed by atoms with van der Waals surface area (Å²) < 4.78 is 40.8. The van der Waals surface area contributed by atoms with Crippen molar-refractivity contribution in [2.75, 3.05) is 19.0 Å². The maximum Gasteiger partial charge on any atom is 0.267 e. The van der Waals surface area contributed by atoms with Gasteiger partial charge in [0.1, 0.15) is 7.14 Å². The molecule has 2 aromatic rings. The lowest BCUT2D eigenvalue weighted by Gasteiger charge is -2.19. The third-order valence-corrected chi connectivity index (χ3v) is 8.23. The van der Waals surface area contributed by atoms with Crippen LogP contribution in [0.3, 0.4) is 0 Å². The Bertz CT molecular complexity index is 714. The third-order valence-electron chi connectivity index (χ3n) is 3.72. The molecule has 0 saturated heterocycles. The highest BCUT2D eigenvalue weighted by molar-refractivity contribution is 7.86. The van der Waals surface area contributed by atoms with Gasteiger partial charge >= 0.3 is 0 Å². The molecule has 0 aliphatic rings. The first-order valence-corrected chi connectivity index (χ1v) is 10.9. The summed E-state index contributed by atoms with van der Waals surface area (Å²) >= 11 is 0. The summed E-state index contributed by atoms with van der Waals surface area (Å²) in [6, 6.07) is 18.8. The van der Waals surface area contributed by atoms with Gasteiger partial charge in [0, 0.05) is 16.8 Å². The van der Waals surface area contributed by atoms with Crippen LogP contribution in [0.5, 0.6) is 0 Å². The zero-order valence-corrected chi connectivity index (χ0v) is 14.8. The summed E-state index contributed by atoms with van der Waals surface area (Å²) in [5.41, 5.74) is 0. The number of benzene rings is 2. The Hall–Kier alpha value is -1.42. The van der Waals surface area contributed by atoms with E-state index in [-0.39, 0.29) is 5.75 Å². The number of rotatable bonds is 8. The van der Waals surface area contributed by atoms with Crippen LogP contribution in [0.4, 0.5) is 0 Å². The van der Waals surface area contributed by atoms with Gasteiger partial charge in [-0.15, -0.1) is 0 Å². The lowest BCUT2D eigenvalue weighted by Crippen LogP contribution is -2.19. The van der Waals surface area contributed by atoms with Gasteiger partial charge in [-0.05, 0) is 12.8 Å². The number of unbranched alkanes of at least 4 members (excludes halogenated alkanes) is 1. The SMILES string of the molecule is COS(=O)(=O)CCCCP(=O)(c1ccccc1)c1ccccc1. The van der Waals surface area contributed by atoms with E-state index in [4.69, 9.17) is 0 Å². The Morgan fingerprint density at radius 1 is 0.870 bits per heavy atom. The van der Waals surface area contributed by atoms with Gasteiger partial charge < -0.3 is 4.57 Å². The number of hydrogen-bond donors (Lipinski definition) is 0. The molecule has 0 aliphatic carbocycles. The standard InChI is InChI=1S/C17H21O4PS/c1-21-23(19,20)15-9-8-14-22(18,16-10-4-2-5-11-16)17-12-6-3-7-13-17/h2-7,10-13H,8-9,14-15H2,1H3. The van der Waals surface area contributed by atoms with Crippen LogP contribution in [-0.2, 0) is 18.9 Å². The summed E-state index contributed by atoms with van der Waals surface area (Å²) in [4.78, 5) is 0. The van der Waals surface area contributed by atoms with E-state index in [2.05, 4.69) is 4.18 Å². The van der Waals surface area contributed by atoms with Gasteiger partial charge in [0.05, 0.1) is 12.9 Å². The minimum atomic E-state index is -3.46. The van der Waals surface area contributed by atoms with Gasteiger partial charge in [-0.25, -0.2) is 0 Å². The molecule has 0 atom stereocenters. The summed E-state index contributed by atoms with van der Waals surface area (Å²) in [5, 5.41) is 1.61. The summed E-state index contributed by atoms with van der Waals surface area (Å²) in [6.07, 6.45) is 1.43. The highest BCUT2D eigenvalue weighted by atomic mass is 32.2. The van der Waals surface area contributed by atoms with Gasteiger partial charge in [-0.3, -0.25) is 4.18 Å². The quantitative estimate of drug-likeness (QED) is 0.416. The second-order valence-corrected chi connectivity index (χ2v) is 10.1. The molecule has 0 saturated carbocycles. The zero-order chi connectivity index (χ0) is 16.8. The Balaban J connectivity index is 2.18. The zero-order valence-electron chi connectivity index (χ0n) is 13.1. The summed E-state index contributed by atoms with van der Waals surface area (Å²) in [6.45, 7) is 0. The van der Waals surface area contributed by atoms with Crippen LogP contribution < -0.4 is 10.6 Å². The molecular weight excluding hydrogens is 331 g/mol. The van der Waals surface area contributed by atoms with Crippen LogP contribution in [0.2, 0.25) is 0 Å². The van der Waals surface area contributed by atoms with Crippen molar-refractivity contribution in [3.63, 3.8) is 0 Å². The normalized spacial score (nSPS) is 12.2. The van der Waals surface area contributed by atoms with E-state index in [9.17, 15) is 13.0 Å². The Morgan fingerprint density at radius 3 is 1.78 bits per heavy atom. The lowest BCUT2D eigenvalue weighted by atomic mass is 10.4. The molecule has 4 nitrogen and oxygen atoms in total. The fourth-order valence-corrected chi connectivity index (χ4v) is 5.96. The largest absolute Gasteiger partial charge is 0.314 e. The second-order valence-electron chi connectivity index (χ2n) is 5.27. The van der Waals surface area contributed by atoms with Gasteiger partial charge in [0.2, 0.25) is 0 Å². The Labute approximate surface area is 138 Å². The highest BCUT2D eigenvalue weighted by Crippen LogP contribution is 2.44. The Kier molecular flexibility index (Phi) is 6.17. The first kappa shape index (κ1) is 17.9. The van der Waals surface area contributed by atoms with E-state index in [1.54, 1.807) is 0 Å². The maximum absolute atomic E-state index is 13.6. The average molecular weight is 352 g/mol. The lowest BCUT2D eigenvalue weighted by molar-refractivity contribution is 0.396. The first-order valence-electron chi connectivity index (χ1n) is 7.46. The van der Waals surface area contributed by atoms with Crippen molar-refractivity contribution < 1.29 is 17.2 Å². The summed E-state index contributed by atoms with van der Waals surface area (Å²) in [7, 11) is -5.05. The van der Waals surface area contributed by atoms with E-state index < -0.39 is 17.3 Å². The van der Waals surface area contributed by atoms with E-state index in [1.807, 2.05) is 60.7 Å². The molecule has 0 unspecified atom stereocenters. The first-order chi connectivity index (χ1) is 11.0. The van der Waals surface area contributed by atoms with E-state index in [1.165, 1.54) is 0 Å². The van der Waals surface area contributed by atoms with Gasteiger partial charge in [-0.2, -0.15) is 8.42 Å². The topological polar surface area (TPSA) is 60.4 Å². The van der Waals surface area contributed by atoms with Crippen LogP contribution in [0.25, 0.3) is 0 Å². The van der Waals surface area contributed by atoms with Crippen molar-refractivity contribution >= 4 is 27.9 Å². The fraction of sp³-hybridized carbons (Fsp3) is 0.294. The predicted octanol–water partition coefficient (Wildman–Crippen LogP) is 2.76. The van der Waals surface area contributed by atoms with E-state index >= 15 is 0 Å². The molecule has 6 heteroatoms. The van der Waals surface area contributed by atoms with Gasteiger partial charge in [0.15, 0.2) is 0 Å². The van der Waals surface area contributed by atoms with Crippen molar-refractivity contribution in [3.05, 3.63) is 60.7 Å². The van der Waals surface area contributed by atoms with Crippen LogP contribution in [0, 0.1) is 0 Å². The molecule has 2 aromatic carbocycles. The minimum absolute atomic E-state index is 0.0485.